The van der Waals surface area contributed by atoms with Crippen LogP contribution >= 0.6 is 0 Å². The first-order chi connectivity index (χ1) is 11.3. The summed E-state index contributed by atoms with van der Waals surface area (Å²) in [5.74, 6) is -3.39. The second-order valence-corrected chi connectivity index (χ2v) is 4.60. The van der Waals surface area contributed by atoms with Gasteiger partial charge in [0.2, 0.25) is 5.75 Å². The van der Waals surface area contributed by atoms with Gasteiger partial charge in [-0.15, -0.1) is 0 Å². The second-order valence-electron chi connectivity index (χ2n) is 4.60. The molecule has 2 N–H and O–H groups in total. The Hall–Kier alpha value is -2.37. The van der Waals surface area contributed by atoms with Crippen molar-refractivity contribution in [2.24, 2.45) is 0 Å². The molecule has 0 heterocycles. The summed E-state index contributed by atoms with van der Waals surface area (Å²) >= 11 is 0. The number of aliphatic hydroxyl groups is 1. The average Bonchev–Trinajstić information content (AvgIpc) is 2.48. The highest BCUT2D eigenvalue weighted by Crippen LogP contribution is 2.52. The Kier molecular flexibility index (Phi) is 5.67. The Morgan fingerprint density at radius 2 is 1.40 bits per heavy atom. The fourth-order valence-corrected chi connectivity index (χ4v) is 1.85. The Bertz CT molecular complexity index is 600. The van der Waals surface area contributed by atoms with Crippen LogP contribution in [0.2, 0.25) is 0 Å². The van der Waals surface area contributed by atoms with E-state index in [0.717, 1.165) is 14.2 Å². The number of hydrogen-bond acceptors (Lipinski definition) is 5. The third kappa shape index (κ3) is 3.83. The topological polar surface area (TPSA) is 85.2 Å². The van der Waals surface area contributed by atoms with Crippen molar-refractivity contribution >= 4 is 5.97 Å². The van der Waals surface area contributed by atoms with Crippen LogP contribution in [-0.2, 0) is 10.4 Å². The molecule has 0 saturated heterocycles. The number of ether oxygens (including phenoxy) is 3. The zero-order valence-corrected chi connectivity index (χ0v) is 12.7. The van der Waals surface area contributed by atoms with E-state index >= 15 is 0 Å². The Morgan fingerprint density at radius 3 is 1.68 bits per heavy atom. The van der Waals surface area contributed by atoms with E-state index in [4.69, 9.17) is 9.84 Å². The lowest BCUT2D eigenvalue weighted by Gasteiger charge is -2.33. The van der Waals surface area contributed by atoms with Gasteiger partial charge >= 0.3 is 18.3 Å². The normalized spacial score (nSPS) is 12.7. The lowest BCUT2D eigenvalue weighted by Crippen LogP contribution is -2.53. The van der Waals surface area contributed by atoms with E-state index in [2.05, 4.69) is 9.47 Å². The molecule has 142 valence electrons. The minimum absolute atomic E-state index is 0.237. The molecule has 0 spiro atoms. The number of carbonyl (C=O) groups is 1. The highest BCUT2D eigenvalue weighted by Gasteiger charge is 2.71. The van der Waals surface area contributed by atoms with Crippen LogP contribution in [0.15, 0.2) is 12.1 Å². The van der Waals surface area contributed by atoms with Crippen LogP contribution < -0.4 is 14.2 Å². The fraction of sp³-hybridized carbons (Fsp3) is 0.462. The van der Waals surface area contributed by atoms with Crippen LogP contribution in [0, 0.1) is 0 Å². The van der Waals surface area contributed by atoms with E-state index < -0.39 is 53.3 Å². The number of carboxylic acids is 1. The van der Waals surface area contributed by atoms with Crippen molar-refractivity contribution in [1.82, 2.24) is 0 Å². The van der Waals surface area contributed by atoms with Crippen molar-refractivity contribution in [1.29, 1.82) is 0 Å². The number of rotatable bonds is 6. The summed E-state index contributed by atoms with van der Waals surface area (Å²) in [6.07, 6.45) is -12.2. The Morgan fingerprint density at radius 1 is 1.00 bits per heavy atom. The van der Waals surface area contributed by atoms with Gasteiger partial charge in [0.05, 0.1) is 14.2 Å². The fourth-order valence-electron chi connectivity index (χ4n) is 1.85. The van der Waals surface area contributed by atoms with E-state index in [0.29, 0.717) is 0 Å². The monoisotopic (exact) mass is 378 g/mol. The predicted octanol–water partition coefficient (Wildman–Crippen LogP) is 2.48. The molecule has 0 aliphatic rings. The molecular formula is C13H12F6O6. The molecule has 12 heteroatoms. The highest BCUT2D eigenvalue weighted by molar-refractivity contribution is 5.69. The third-order valence-electron chi connectivity index (χ3n) is 3.04. The molecule has 0 aliphatic carbocycles. The van der Waals surface area contributed by atoms with Gasteiger partial charge in [0.25, 0.3) is 5.60 Å². The number of benzene rings is 1. The van der Waals surface area contributed by atoms with E-state index in [1.165, 1.54) is 0 Å². The largest absolute Gasteiger partial charge is 0.493 e. The number of alkyl halides is 6. The SMILES string of the molecule is COc1cc(C(O)(C(F)(F)F)C(F)(F)F)cc(OC)c1OCC(=O)O. The molecule has 0 unspecified atom stereocenters. The summed E-state index contributed by atoms with van der Waals surface area (Å²) in [4.78, 5) is 10.5. The molecule has 1 aromatic rings. The van der Waals surface area contributed by atoms with Gasteiger partial charge in [-0.2, -0.15) is 26.3 Å². The summed E-state index contributed by atoms with van der Waals surface area (Å²) < 4.78 is 91.7. The van der Waals surface area contributed by atoms with E-state index in [9.17, 15) is 36.2 Å². The molecule has 0 saturated carbocycles. The maximum atomic E-state index is 13.0. The van der Waals surface area contributed by atoms with Crippen LogP contribution in [-0.4, -0.2) is 49.4 Å². The zero-order chi connectivity index (χ0) is 19.6. The molecule has 0 aliphatic heterocycles. The number of aliphatic carboxylic acids is 1. The number of hydrogen-bond donors (Lipinski definition) is 2. The molecule has 0 amide bonds. The number of halogens is 6. The molecular weight excluding hydrogens is 366 g/mol. The van der Waals surface area contributed by atoms with Crippen LogP contribution in [0.3, 0.4) is 0 Å². The lowest BCUT2D eigenvalue weighted by atomic mass is 9.91. The van der Waals surface area contributed by atoms with E-state index in [-0.39, 0.29) is 12.1 Å². The van der Waals surface area contributed by atoms with Gasteiger partial charge in [0.1, 0.15) is 0 Å². The first kappa shape index (κ1) is 20.7. The van der Waals surface area contributed by atoms with E-state index in [1.807, 2.05) is 0 Å². The highest BCUT2D eigenvalue weighted by atomic mass is 19.4. The number of carboxylic acid groups (broad SMARTS) is 1. The standard InChI is InChI=1S/C13H12F6O6/c1-23-7-3-6(11(22,12(14,15)16)13(17,18)19)4-8(24-2)10(7)25-5-9(20)21/h3-4,22H,5H2,1-2H3,(H,20,21). The maximum Gasteiger partial charge on any atom is 0.430 e. The minimum Gasteiger partial charge on any atom is -0.493 e. The molecule has 0 bridgehead atoms. The number of methoxy groups -OCH3 is 2. The molecule has 0 radical (unpaired) electrons. The molecule has 25 heavy (non-hydrogen) atoms. The van der Waals surface area contributed by atoms with E-state index in [1.54, 1.807) is 0 Å². The van der Waals surface area contributed by atoms with Crippen molar-refractivity contribution < 1.29 is 55.6 Å². The third-order valence-corrected chi connectivity index (χ3v) is 3.04. The smallest absolute Gasteiger partial charge is 0.430 e. The Labute approximate surface area is 136 Å². The van der Waals surface area contributed by atoms with Gasteiger partial charge in [-0.1, -0.05) is 0 Å². The summed E-state index contributed by atoms with van der Waals surface area (Å²) in [6.45, 7) is -0.963. The maximum absolute atomic E-state index is 13.0. The molecule has 0 aromatic heterocycles. The Balaban J connectivity index is 3.64. The van der Waals surface area contributed by atoms with Crippen molar-refractivity contribution in [3.05, 3.63) is 17.7 Å². The molecule has 0 fully saturated rings. The van der Waals surface area contributed by atoms with Gasteiger partial charge in [-0.05, 0) is 12.1 Å². The average molecular weight is 378 g/mol. The van der Waals surface area contributed by atoms with Gasteiger partial charge in [-0.25, -0.2) is 4.79 Å². The summed E-state index contributed by atoms with van der Waals surface area (Å²) in [5, 5.41) is 18.0. The zero-order valence-electron chi connectivity index (χ0n) is 12.7. The minimum atomic E-state index is -6.11. The van der Waals surface area contributed by atoms with Crippen LogP contribution in [0.1, 0.15) is 5.56 Å². The predicted molar refractivity (Wildman–Crippen MR) is 68.7 cm³/mol. The van der Waals surface area contributed by atoms with Gasteiger partial charge in [0.15, 0.2) is 18.1 Å². The first-order valence-electron chi connectivity index (χ1n) is 6.26. The summed E-state index contributed by atoms with van der Waals surface area (Å²) in [6, 6.07) is 0.474. The van der Waals surface area contributed by atoms with Crippen LogP contribution in [0.25, 0.3) is 0 Å². The molecule has 1 aromatic carbocycles. The van der Waals surface area contributed by atoms with Crippen molar-refractivity contribution in [2.75, 3.05) is 20.8 Å². The molecule has 0 atom stereocenters. The summed E-state index contributed by atoms with van der Waals surface area (Å²) in [7, 11) is 1.79. The second kappa shape index (κ2) is 6.86. The van der Waals surface area contributed by atoms with Gasteiger partial charge in [-0.3, -0.25) is 0 Å². The van der Waals surface area contributed by atoms with Gasteiger partial charge < -0.3 is 24.4 Å². The quantitative estimate of drug-likeness (QED) is 0.740. The molecule has 6 nitrogen and oxygen atoms in total. The van der Waals surface area contributed by atoms with Crippen LogP contribution in [0.4, 0.5) is 26.3 Å². The van der Waals surface area contributed by atoms with Crippen LogP contribution in [0.5, 0.6) is 17.2 Å². The van der Waals surface area contributed by atoms with Crippen molar-refractivity contribution in [2.45, 2.75) is 18.0 Å². The van der Waals surface area contributed by atoms with Gasteiger partial charge in [0, 0.05) is 5.56 Å². The van der Waals surface area contributed by atoms with Crippen molar-refractivity contribution in [3.8, 4) is 17.2 Å². The lowest BCUT2D eigenvalue weighted by molar-refractivity contribution is -0.376. The first-order valence-corrected chi connectivity index (χ1v) is 6.26. The molecule has 1 rings (SSSR count). The summed E-state index contributed by atoms with van der Waals surface area (Å²) in [5.41, 5.74) is -6.84. The van der Waals surface area contributed by atoms with Crippen molar-refractivity contribution in [3.63, 3.8) is 0 Å².